The van der Waals surface area contributed by atoms with Crippen LogP contribution in [0.3, 0.4) is 0 Å². The number of rotatable bonds is 6. The third-order valence-electron chi connectivity index (χ3n) is 4.99. The number of hydrogen-bond donors (Lipinski definition) is 0. The summed E-state index contributed by atoms with van der Waals surface area (Å²) in [7, 11) is -1.89. The van der Waals surface area contributed by atoms with Crippen LogP contribution in [0.2, 0.25) is 19.6 Å². The van der Waals surface area contributed by atoms with Gasteiger partial charge in [-0.25, -0.2) is 0 Å². The van der Waals surface area contributed by atoms with E-state index in [0.29, 0.717) is 6.61 Å². The van der Waals surface area contributed by atoms with E-state index >= 15 is 0 Å². The van der Waals surface area contributed by atoms with Gasteiger partial charge < -0.3 is 13.7 Å². The molecule has 1 aliphatic heterocycles. The molecule has 3 nitrogen and oxygen atoms in total. The average molecular weight is 372 g/mol. The lowest BCUT2D eigenvalue weighted by molar-refractivity contribution is 0.00578. The maximum atomic E-state index is 6.17. The van der Waals surface area contributed by atoms with Gasteiger partial charge in [0.05, 0.1) is 17.8 Å². The molecule has 0 amide bonds. The second-order valence-corrected chi connectivity index (χ2v) is 13.4. The van der Waals surface area contributed by atoms with Crippen LogP contribution in [0.15, 0.2) is 48.0 Å². The Hall–Kier alpha value is -1.14. The minimum atomic E-state index is -1.53. The van der Waals surface area contributed by atoms with Crippen LogP contribution < -0.4 is 0 Å². The van der Waals surface area contributed by atoms with Crippen molar-refractivity contribution in [3.8, 4) is 0 Å². The van der Waals surface area contributed by atoms with Gasteiger partial charge in [0.2, 0.25) is 0 Å². The highest BCUT2D eigenvalue weighted by Crippen LogP contribution is 2.38. The molecule has 0 aromatic heterocycles. The van der Waals surface area contributed by atoms with Gasteiger partial charge in [-0.15, -0.1) is 0 Å². The van der Waals surface area contributed by atoms with E-state index in [4.69, 9.17) is 13.7 Å². The molecule has 0 unspecified atom stereocenters. The average Bonchev–Trinajstić information content (AvgIpc) is 2.71. The van der Waals surface area contributed by atoms with Crippen molar-refractivity contribution in [3.63, 3.8) is 0 Å². The molecule has 1 aromatic rings. The maximum Gasteiger partial charge on any atom is 0.487 e. The van der Waals surface area contributed by atoms with Crippen molar-refractivity contribution in [2.45, 2.75) is 65.5 Å². The van der Waals surface area contributed by atoms with Crippen molar-refractivity contribution in [2.75, 3.05) is 6.61 Å². The van der Waals surface area contributed by atoms with E-state index < -0.39 is 8.32 Å². The van der Waals surface area contributed by atoms with Crippen LogP contribution in [-0.4, -0.2) is 33.2 Å². The van der Waals surface area contributed by atoms with Gasteiger partial charge >= 0.3 is 7.12 Å². The van der Waals surface area contributed by atoms with Crippen molar-refractivity contribution in [1.82, 2.24) is 0 Å². The Morgan fingerprint density at radius 3 is 2.08 bits per heavy atom. The van der Waals surface area contributed by atoms with Crippen LogP contribution in [0.1, 0.15) is 40.2 Å². The fourth-order valence-electron chi connectivity index (χ4n) is 2.69. The fourth-order valence-corrected chi connectivity index (χ4v) is 3.28. The third-order valence-corrected chi connectivity index (χ3v) is 6.02. The largest absolute Gasteiger partial charge is 0.487 e. The Morgan fingerprint density at radius 1 is 1.04 bits per heavy atom. The molecule has 0 radical (unpaired) electrons. The highest BCUT2D eigenvalue weighted by Gasteiger charge is 2.50. The molecule has 1 aliphatic rings. The predicted octanol–water partition coefficient (Wildman–Crippen LogP) is 5.50. The number of hydrogen-bond acceptors (Lipinski definition) is 3. The Balaban J connectivity index is 2.30. The van der Waals surface area contributed by atoms with E-state index in [-0.39, 0.29) is 18.3 Å². The normalized spacial score (nSPS) is 20.5. The molecule has 1 aromatic carbocycles. The van der Waals surface area contributed by atoms with E-state index in [1.54, 1.807) is 0 Å². The Morgan fingerprint density at radius 2 is 1.58 bits per heavy atom. The zero-order valence-corrected chi connectivity index (χ0v) is 18.6. The summed E-state index contributed by atoms with van der Waals surface area (Å²) in [6.45, 7) is 17.7. The minimum Gasteiger partial charge on any atom is -0.414 e. The molecule has 0 aliphatic carbocycles. The summed E-state index contributed by atoms with van der Waals surface area (Å²) in [4.78, 5) is 0. The van der Waals surface area contributed by atoms with E-state index in [2.05, 4.69) is 90.6 Å². The summed E-state index contributed by atoms with van der Waals surface area (Å²) in [5.41, 5.74) is 2.78. The summed E-state index contributed by atoms with van der Waals surface area (Å²) < 4.78 is 18.3. The first-order valence-electron chi connectivity index (χ1n) is 9.35. The SMILES string of the molecule is CC(=C\CO[Si](C)(C)C)/C(=C\B1OC(C)(C)C(C)(C)O1)c1ccccc1. The summed E-state index contributed by atoms with van der Waals surface area (Å²) in [6.07, 6.45) is 2.16. The summed E-state index contributed by atoms with van der Waals surface area (Å²) in [5.74, 6) is 2.09. The van der Waals surface area contributed by atoms with E-state index in [0.717, 1.165) is 11.1 Å². The van der Waals surface area contributed by atoms with Crippen molar-refractivity contribution in [2.24, 2.45) is 0 Å². The zero-order chi connectivity index (χ0) is 19.6. The van der Waals surface area contributed by atoms with Crippen LogP contribution in [0.5, 0.6) is 0 Å². The Bertz CT molecular complexity index is 656. The highest BCUT2D eigenvalue weighted by atomic mass is 28.4. The smallest absolute Gasteiger partial charge is 0.414 e. The van der Waals surface area contributed by atoms with E-state index in [1.165, 1.54) is 5.57 Å². The second-order valence-electron chi connectivity index (χ2n) is 8.88. The molecule has 26 heavy (non-hydrogen) atoms. The molecule has 0 N–H and O–H groups in total. The molecule has 2 rings (SSSR count). The van der Waals surface area contributed by atoms with Crippen molar-refractivity contribution in [3.05, 3.63) is 53.5 Å². The van der Waals surface area contributed by atoms with Crippen LogP contribution in [0, 0.1) is 0 Å². The van der Waals surface area contributed by atoms with E-state index in [9.17, 15) is 0 Å². The number of allylic oxidation sites excluding steroid dienone is 2. The van der Waals surface area contributed by atoms with Gasteiger partial charge in [-0.2, -0.15) is 0 Å². The molecule has 0 bridgehead atoms. The molecule has 1 fully saturated rings. The molecular formula is C21H33BO3Si. The van der Waals surface area contributed by atoms with Crippen LogP contribution >= 0.6 is 0 Å². The highest BCUT2D eigenvalue weighted by molar-refractivity contribution is 6.69. The quantitative estimate of drug-likeness (QED) is 0.488. The van der Waals surface area contributed by atoms with Gasteiger partial charge in [-0.05, 0) is 76.9 Å². The van der Waals surface area contributed by atoms with Gasteiger partial charge in [-0.3, -0.25) is 0 Å². The summed E-state index contributed by atoms with van der Waals surface area (Å²) >= 11 is 0. The standard InChI is InChI=1S/C21H33BO3Si/c1-17(14-15-23-26(6,7)8)19(18-12-10-9-11-13-18)16-22-24-20(2,3)21(4,5)25-22/h9-14,16H,15H2,1-8H3/b17-14+,19-16+. The summed E-state index contributed by atoms with van der Waals surface area (Å²) in [6, 6.07) is 10.4. The Labute approximate surface area is 160 Å². The van der Waals surface area contributed by atoms with Crippen molar-refractivity contribution in [1.29, 1.82) is 0 Å². The van der Waals surface area contributed by atoms with Crippen LogP contribution in [-0.2, 0) is 13.7 Å². The fraction of sp³-hybridized carbons (Fsp3) is 0.524. The second kappa shape index (κ2) is 7.85. The van der Waals surface area contributed by atoms with Crippen LogP contribution in [0.25, 0.3) is 5.57 Å². The molecule has 1 saturated heterocycles. The van der Waals surface area contributed by atoms with Gasteiger partial charge in [0.1, 0.15) is 0 Å². The topological polar surface area (TPSA) is 27.7 Å². The first kappa shape index (κ1) is 21.2. The van der Waals surface area contributed by atoms with Crippen molar-refractivity contribution >= 4 is 21.0 Å². The monoisotopic (exact) mass is 372 g/mol. The molecule has 142 valence electrons. The molecule has 5 heteroatoms. The summed E-state index contributed by atoms with van der Waals surface area (Å²) in [5, 5.41) is 0. The maximum absolute atomic E-state index is 6.17. The predicted molar refractivity (Wildman–Crippen MR) is 114 cm³/mol. The van der Waals surface area contributed by atoms with Crippen LogP contribution in [0.4, 0.5) is 0 Å². The first-order valence-corrected chi connectivity index (χ1v) is 12.8. The van der Waals surface area contributed by atoms with Gasteiger partial charge in [0.25, 0.3) is 0 Å². The Kier molecular flexibility index (Phi) is 6.39. The third kappa shape index (κ3) is 5.43. The number of benzene rings is 1. The van der Waals surface area contributed by atoms with Gasteiger partial charge in [0, 0.05) is 0 Å². The lowest BCUT2D eigenvalue weighted by Gasteiger charge is -2.32. The molecule has 1 heterocycles. The lowest BCUT2D eigenvalue weighted by atomic mass is 9.82. The molecule has 0 saturated carbocycles. The zero-order valence-electron chi connectivity index (χ0n) is 17.6. The molecular weight excluding hydrogens is 339 g/mol. The molecule has 0 spiro atoms. The first-order chi connectivity index (χ1) is 11.9. The van der Waals surface area contributed by atoms with Gasteiger partial charge in [-0.1, -0.05) is 36.4 Å². The minimum absolute atomic E-state index is 0.339. The van der Waals surface area contributed by atoms with Gasteiger partial charge in [0.15, 0.2) is 8.32 Å². The van der Waals surface area contributed by atoms with E-state index in [1.807, 2.05) is 6.07 Å². The lowest BCUT2D eigenvalue weighted by Crippen LogP contribution is -2.41. The molecule has 0 atom stereocenters. The van der Waals surface area contributed by atoms with Crippen molar-refractivity contribution < 1.29 is 13.7 Å².